The van der Waals surface area contributed by atoms with Crippen LogP contribution in [0.1, 0.15) is 52.9 Å². The molecular weight excluding hydrogens is 594 g/mol. The number of nitrogens with zero attached hydrogens (tertiary/aromatic N) is 1. The zero-order chi connectivity index (χ0) is 33.8. The van der Waals surface area contributed by atoms with Gasteiger partial charge in [0.1, 0.15) is 22.8 Å². The second-order valence-corrected chi connectivity index (χ2v) is 12.8. The Morgan fingerprint density at radius 1 is 1.11 bits per heavy atom. The first-order valence-electron chi connectivity index (χ1n) is 15.1. The Hall–Kier alpha value is -4.68. The maximum Gasteiger partial charge on any atom is 0.337 e. The molecule has 3 aliphatic carbocycles. The first kappa shape index (κ1) is 32.7. The summed E-state index contributed by atoms with van der Waals surface area (Å²) >= 11 is 0. The number of carbonyl (C=O) groups is 4. The normalized spacial score (nSPS) is 24.0. The number of ether oxygens (including phenoxy) is 1. The Morgan fingerprint density at radius 3 is 2.33 bits per heavy atom. The van der Waals surface area contributed by atoms with Crippen molar-refractivity contribution in [3.8, 4) is 5.75 Å². The van der Waals surface area contributed by atoms with Crippen LogP contribution in [0.5, 0.6) is 5.75 Å². The van der Waals surface area contributed by atoms with Crippen molar-refractivity contribution in [1.29, 1.82) is 0 Å². The number of ketones is 2. The van der Waals surface area contributed by atoms with E-state index in [1.807, 2.05) is 19.0 Å². The quantitative estimate of drug-likeness (QED) is 0.184. The van der Waals surface area contributed by atoms with Crippen molar-refractivity contribution in [3.63, 3.8) is 0 Å². The highest BCUT2D eigenvalue weighted by Gasteiger charge is 2.64. The Labute approximate surface area is 266 Å². The molecule has 5 rings (SSSR count). The van der Waals surface area contributed by atoms with Crippen molar-refractivity contribution in [2.24, 2.45) is 29.4 Å². The lowest BCUT2D eigenvalue weighted by atomic mass is 9.54. The number of hydrogen-bond acceptors (Lipinski definition) is 11. The number of anilines is 1. The molecule has 7 N–H and O–H groups in total. The number of methoxy groups -OCH3 is 1. The van der Waals surface area contributed by atoms with Crippen LogP contribution < -0.4 is 16.0 Å². The minimum Gasteiger partial charge on any atom is -0.508 e. The van der Waals surface area contributed by atoms with Crippen molar-refractivity contribution >= 4 is 34.9 Å². The Bertz CT molecular complexity index is 1710. The van der Waals surface area contributed by atoms with Crippen LogP contribution >= 0.6 is 0 Å². The maximum atomic E-state index is 14.2. The Morgan fingerprint density at radius 2 is 1.76 bits per heavy atom. The Kier molecular flexibility index (Phi) is 8.47. The summed E-state index contributed by atoms with van der Waals surface area (Å²) in [6, 6.07) is 8.64. The third-order valence-electron chi connectivity index (χ3n) is 9.53. The molecule has 0 radical (unpaired) electrons. The van der Waals surface area contributed by atoms with E-state index in [0.29, 0.717) is 28.9 Å². The van der Waals surface area contributed by atoms with E-state index in [1.54, 1.807) is 44.2 Å². The summed E-state index contributed by atoms with van der Waals surface area (Å²) < 4.78 is 4.73. The van der Waals surface area contributed by atoms with Crippen LogP contribution in [0.4, 0.5) is 5.69 Å². The van der Waals surface area contributed by atoms with E-state index in [4.69, 9.17) is 10.5 Å². The van der Waals surface area contributed by atoms with Crippen LogP contribution in [0.3, 0.4) is 0 Å². The molecule has 2 unspecified atom stereocenters. The largest absolute Gasteiger partial charge is 0.508 e. The van der Waals surface area contributed by atoms with Gasteiger partial charge in [-0.1, -0.05) is 26.0 Å². The lowest BCUT2D eigenvalue weighted by Crippen LogP contribution is -2.62. The van der Waals surface area contributed by atoms with Crippen LogP contribution in [0.15, 0.2) is 47.2 Å². The molecule has 0 spiro atoms. The highest BCUT2D eigenvalue weighted by molar-refractivity contribution is 6.23. The molecule has 0 bridgehead atoms. The number of phenolic OH excluding ortho intramolecular Hbond substituents is 1. The number of aliphatic hydroxyl groups excluding tert-OH is 2. The number of nitrogens with one attached hydrogen (secondary N) is 1. The van der Waals surface area contributed by atoms with Gasteiger partial charge >= 0.3 is 5.97 Å². The van der Waals surface area contributed by atoms with Crippen molar-refractivity contribution < 1.29 is 44.3 Å². The van der Waals surface area contributed by atoms with Crippen LogP contribution in [0.2, 0.25) is 0 Å². The summed E-state index contributed by atoms with van der Waals surface area (Å²) in [5, 5.41) is 49.3. The molecule has 12 nitrogen and oxygen atoms in total. The van der Waals surface area contributed by atoms with Gasteiger partial charge < -0.3 is 41.1 Å². The van der Waals surface area contributed by atoms with Gasteiger partial charge in [-0.2, -0.15) is 0 Å². The number of phenols is 1. The van der Waals surface area contributed by atoms with E-state index in [9.17, 15) is 39.6 Å². The van der Waals surface area contributed by atoms with Gasteiger partial charge in [0.25, 0.3) is 5.91 Å². The minimum absolute atomic E-state index is 0.0398. The van der Waals surface area contributed by atoms with E-state index < -0.39 is 69.8 Å². The van der Waals surface area contributed by atoms with Gasteiger partial charge in [-0.15, -0.1) is 0 Å². The fraction of sp³-hybridized carbons (Fsp3) is 0.412. The van der Waals surface area contributed by atoms with Crippen LogP contribution in [-0.2, 0) is 38.6 Å². The molecular formula is C34H39N3O9. The Balaban J connectivity index is 1.55. The highest BCUT2D eigenvalue weighted by atomic mass is 16.5. The predicted octanol–water partition coefficient (Wildman–Crippen LogP) is 2.45. The molecule has 0 saturated heterocycles. The molecule has 46 heavy (non-hydrogen) atoms. The van der Waals surface area contributed by atoms with E-state index in [1.165, 1.54) is 7.11 Å². The molecule has 0 aliphatic heterocycles. The van der Waals surface area contributed by atoms with E-state index in [2.05, 4.69) is 5.32 Å². The summed E-state index contributed by atoms with van der Waals surface area (Å²) in [6.07, 6.45) is 0.262. The number of fused-ring (bicyclic) bond motifs is 3. The number of aliphatic hydroxyl groups is 3. The van der Waals surface area contributed by atoms with Crippen LogP contribution in [0, 0.1) is 23.7 Å². The first-order valence-corrected chi connectivity index (χ1v) is 15.1. The number of nitrogens with two attached hydrogens (primary N) is 1. The lowest BCUT2D eigenvalue weighted by molar-refractivity contribution is -0.155. The summed E-state index contributed by atoms with van der Waals surface area (Å²) in [5.74, 6) is -8.44. The van der Waals surface area contributed by atoms with Gasteiger partial charge in [-0.3, -0.25) is 14.4 Å². The van der Waals surface area contributed by atoms with E-state index in [0.717, 1.165) is 5.56 Å². The standard InChI is InChI=1S/C34H39N3O9/c1-15(2)23-21-11-18-10-20-22(37(3)4)12-19(14-36-13-16-6-8-17(9-7-16)33(44)46-5)27(38)25(20)29(40)24(18)30(41)34(21,45)31(42)26(28(23)39)32(35)43/h6-9,12,15,18,21,23,36,38,40,42,45H,10-11,13-14H2,1-5H3,(H2,35,43)/t18?,21?,23-,34-/m0/s1. The number of amides is 1. The van der Waals surface area contributed by atoms with Crippen molar-refractivity contribution in [3.05, 3.63) is 75.1 Å². The molecule has 2 aromatic carbocycles. The summed E-state index contributed by atoms with van der Waals surface area (Å²) in [4.78, 5) is 53.3. The van der Waals surface area contributed by atoms with Gasteiger partial charge in [0.15, 0.2) is 11.4 Å². The second-order valence-electron chi connectivity index (χ2n) is 12.8. The molecule has 4 atom stereocenters. The predicted molar refractivity (Wildman–Crippen MR) is 168 cm³/mol. The average Bonchev–Trinajstić information content (AvgIpc) is 2.99. The number of carbonyl (C=O) groups excluding carboxylic acids is 4. The molecule has 0 heterocycles. The molecule has 2 aromatic rings. The smallest absolute Gasteiger partial charge is 0.337 e. The molecule has 0 aromatic heterocycles. The number of benzene rings is 2. The number of esters is 1. The van der Waals surface area contributed by atoms with Gasteiger partial charge in [-0.05, 0) is 54.0 Å². The number of rotatable bonds is 8. The molecule has 1 saturated carbocycles. The highest BCUT2D eigenvalue weighted by Crippen LogP contribution is 2.55. The number of primary amides is 1. The maximum absolute atomic E-state index is 14.2. The van der Waals surface area contributed by atoms with Gasteiger partial charge in [0.2, 0.25) is 5.78 Å². The van der Waals surface area contributed by atoms with Crippen LogP contribution in [-0.4, -0.2) is 70.7 Å². The molecule has 12 heteroatoms. The lowest BCUT2D eigenvalue weighted by Gasteiger charge is -2.50. The molecule has 1 amide bonds. The average molecular weight is 634 g/mol. The molecule has 1 fully saturated rings. The third-order valence-corrected chi connectivity index (χ3v) is 9.53. The second kappa shape index (κ2) is 11.9. The zero-order valence-electron chi connectivity index (χ0n) is 26.4. The monoisotopic (exact) mass is 633 g/mol. The minimum atomic E-state index is -2.66. The third kappa shape index (κ3) is 5.01. The first-order chi connectivity index (χ1) is 21.6. The zero-order valence-corrected chi connectivity index (χ0v) is 26.4. The number of hydrogen-bond donors (Lipinski definition) is 6. The van der Waals surface area contributed by atoms with Crippen LogP contribution in [0.25, 0.3) is 5.76 Å². The van der Waals surface area contributed by atoms with Gasteiger partial charge in [0, 0.05) is 55.8 Å². The summed E-state index contributed by atoms with van der Waals surface area (Å²) in [6.45, 7) is 4.01. The van der Waals surface area contributed by atoms with Crippen molar-refractivity contribution in [2.45, 2.75) is 45.4 Å². The SMILES string of the molecule is COC(=O)c1ccc(CNCc2cc(N(C)C)c3c(c2O)C(O)=C2C(=O)[C@]4(O)C(O)=C(C(N)=O)C(=O)[C@@H](C(C)C)C4CC2C3)cc1. The fourth-order valence-corrected chi connectivity index (χ4v) is 7.34. The van der Waals surface area contributed by atoms with Crippen molar-refractivity contribution in [2.75, 3.05) is 26.1 Å². The summed E-state index contributed by atoms with van der Waals surface area (Å²) in [5.41, 5.74) is 4.81. The number of Topliss-reactive ketones (excluding diaryl/α,β-unsaturated/α-hetero) is 2. The topological polar surface area (TPSA) is 200 Å². The molecule has 244 valence electrons. The van der Waals surface area contributed by atoms with E-state index >= 15 is 0 Å². The van der Waals surface area contributed by atoms with Crippen molar-refractivity contribution in [1.82, 2.24) is 5.32 Å². The van der Waals surface area contributed by atoms with E-state index in [-0.39, 0.29) is 36.3 Å². The molecule has 3 aliphatic rings. The van der Waals surface area contributed by atoms with Gasteiger partial charge in [-0.25, -0.2) is 4.79 Å². The van der Waals surface area contributed by atoms with Gasteiger partial charge in [0.05, 0.1) is 18.2 Å². The fourth-order valence-electron chi connectivity index (χ4n) is 7.34. The number of aromatic hydroxyl groups is 1. The summed E-state index contributed by atoms with van der Waals surface area (Å²) in [7, 11) is 4.94.